The average molecular weight is 495 g/mol. The third-order valence-corrected chi connectivity index (χ3v) is 5.46. The van der Waals surface area contributed by atoms with Crippen LogP contribution in [0.1, 0.15) is 22.3 Å². The van der Waals surface area contributed by atoms with Gasteiger partial charge >= 0.3 is 0 Å². The Bertz CT molecular complexity index is 1130. The van der Waals surface area contributed by atoms with Crippen molar-refractivity contribution in [2.45, 2.75) is 0 Å². The van der Waals surface area contributed by atoms with E-state index in [0.717, 1.165) is 11.1 Å². The summed E-state index contributed by atoms with van der Waals surface area (Å²) in [5.41, 5.74) is 2.55. The molecule has 0 aliphatic heterocycles. The molecule has 3 aromatic carbocycles. The fourth-order valence-corrected chi connectivity index (χ4v) is 3.65. The first-order chi connectivity index (χ1) is 17.4. The van der Waals surface area contributed by atoms with Gasteiger partial charge in [-0.3, -0.25) is 0 Å². The fraction of sp³-hybridized carbons (Fsp3) is 0.214. The smallest absolute Gasteiger partial charge is 0.203 e. The van der Waals surface area contributed by atoms with E-state index in [-0.39, 0.29) is 11.5 Å². The van der Waals surface area contributed by atoms with Crippen molar-refractivity contribution >= 4 is 24.3 Å². The van der Waals surface area contributed by atoms with E-state index in [4.69, 9.17) is 28.4 Å². The number of benzene rings is 3. The fourth-order valence-electron chi connectivity index (χ4n) is 3.65. The zero-order valence-electron chi connectivity index (χ0n) is 21.1. The molecule has 0 saturated carbocycles. The van der Waals surface area contributed by atoms with E-state index < -0.39 is 0 Å². The number of aromatic hydroxyl groups is 2. The molecule has 3 rings (SSSR count). The SMILES string of the molecule is COc1cc(/C=C/c2cc(/C=C/c3cc(OC)c(OC)c(OC)c3)c(O)cc2O)cc(OC)c1OC. The highest BCUT2D eigenvalue weighted by Gasteiger charge is 2.14. The van der Waals surface area contributed by atoms with Gasteiger partial charge in [-0.25, -0.2) is 0 Å². The molecule has 3 aromatic rings. The number of phenols is 2. The van der Waals surface area contributed by atoms with E-state index in [1.807, 2.05) is 0 Å². The van der Waals surface area contributed by atoms with Crippen LogP contribution in [-0.2, 0) is 0 Å². The van der Waals surface area contributed by atoms with Gasteiger partial charge in [-0.15, -0.1) is 0 Å². The molecule has 8 nitrogen and oxygen atoms in total. The van der Waals surface area contributed by atoms with Crippen molar-refractivity contribution in [3.05, 3.63) is 58.7 Å². The number of ether oxygens (including phenoxy) is 6. The van der Waals surface area contributed by atoms with Gasteiger partial charge in [-0.05, 0) is 41.5 Å². The maximum atomic E-state index is 10.4. The third kappa shape index (κ3) is 5.60. The van der Waals surface area contributed by atoms with E-state index >= 15 is 0 Å². The van der Waals surface area contributed by atoms with Gasteiger partial charge in [0.2, 0.25) is 11.5 Å². The van der Waals surface area contributed by atoms with Gasteiger partial charge < -0.3 is 38.6 Å². The predicted octanol–water partition coefficient (Wildman–Crippen LogP) is 5.49. The molecule has 0 unspecified atom stereocenters. The quantitative estimate of drug-likeness (QED) is 0.357. The highest BCUT2D eigenvalue weighted by molar-refractivity contribution is 5.80. The summed E-state index contributed by atoms with van der Waals surface area (Å²) in [6, 6.07) is 10.1. The molecule has 0 spiro atoms. The van der Waals surface area contributed by atoms with Gasteiger partial charge in [-0.1, -0.05) is 24.3 Å². The Balaban J connectivity index is 1.96. The maximum Gasteiger partial charge on any atom is 0.203 e. The van der Waals surface area contributed by atoms with Crippen LogP contribution in [0.4, 0.5) is 0 Å². The zero-order valence-corrected chi connectivity index (χ0v) is 21.1. The van der Waals surface area contributed by atoms with E-state index in [2.05, 4.69) is 0 Å². The lowest BCUT2D eigenvalue weighted by Gasteiger charge is -2.13. The van der Waals surface area contributed by atoms with Gasteiger partial charge in [0.25, 0.3) is 0 Å². The van der Waals surface area contributed by atoms with E-state index in [1.54, 1.807) is 83.1 Å². The van der Waals surface area contributed by atoms with Gasteiger partial charge in [0.15, 0.2) is 23.0 Å². The first-order valence-electron chi connectivity index (χ1n) is 10.9. The molecular weight excluding hydrogens is 464 g/mol. The Morgan fingerprint density at radius 2 is 0.778 bits per heavy atom. The van der Waals surface area contributed by atoms with Gasteiger partial charge in [-0.2, -0.15) is 0 Å². The highest BCUT2D eigenvalue weighted by Crippen LogP contribution is 2.40. The molecule has 0 bridgehead atoms. The molecule has 2 N–H and O–H groups in total. The standard InChI is InChI=1S/C28H30O8/c1-31-23-11-17(12-24(32-2)27(23)35-5)7-9-19-15-20(22(30)16-21(19)29)10-8-18-13-25(33-3)28(36-6)26(14-18)34-4/h7-16,29-30H,1-6H3/b9-7+,10-8+. The summed E-state index contributed by atoms with van der Waals surface area (Å²) in [6.45, 7) is 0. The van der Waals surface area contributed by atoms with Crippen molar-refractivity contribution < 1.29 is 38.6 Å². The maximum absolute atomic E-state index is 10.4. The minimum Gasteiger partial charge on any atom is -0.507 e. The van der Waals surface area contributed by atoms with Gasteiger partial charge in [0, 0.05) is 17.2 Å². The Morgan fingerprint density at radius 3 is 1.06 bits per heavy atom. The van der Waals surface area contributed by atoms with Crippen molar-refractivity contribution in [3.63, 3.8) is 0 Å². The lowest BCUT2D eigenvalue weighted by Crippen LogP contribution is -1.95. The summed E-state index contributed by atoms with van der Waals surface area (Å²) >= 11 is 0. The van der Waals surface area contributed by atoms with E-state index in [0.29, 0.717) is 45.6 Å². The Hall–Kier alpha value is -4.46. The molecule has 8 heteroatoms. The lowest BCUT2D eigenvalue weighted by molar-refractivity contribution is 0.324. The van der Waals surface area contributed by atoms with Crippen molar-refractivity contribution in [1.82, 2.24) is 0 Å². The van der Waals surface area contributed by atoms with Crippen molar-refractivity contribution in [3.8, 4) is 46.0 Å². The molecule has 0 radical (unpaired) electrons. The van der Waals surface area contributed by atoms with Crippen LogP contribution in [0, 0.1) is 0 Å². The molecular formula is C28H30O8. The number of phenolic OH excluding ortho intramolecular Hbond substituents is 2. The van der Waals surface area contributed by atoms with Crippen LogP contribution in [0.5, 0.6) is 46.0 Å². The molecule has 190 valence electrons. The van der Waals surface area contributed by atoms with Crippen molar-refractivity contribution in [1.29, 1.82) is 0 Å². The van der Waals surface area contributed by atoms with Crippen LogP contribution < -0.4 is 28.4 Å². The normalized spacial score (nSPS) is 11.1. The van der Waals surface area contributed by atoms with Crippen LogP contribution in [0.2, 0.25) is 0 Å². The number of rotatable bonds is 10. The van der Waals surface area contributed by atoms with E-state index in [9.17, 15) is 10.2 Å². The van der Waals surface area contributed by atoms with E-state index in [1.165, 1.54) is 20.3 Å². The molecule has 0 saturated heterocycles. The summed E-state index contributed by atoms with van der Waals surface area (Å²) in [5, 5.41) is 20.8. The molecule has 0 heterocycles. The summed E-state index contributed by atoms with van der Waals surface area (Å²) in [5.74, 6) is 2.90. The van der Waals surface area contributed by atoms with Crippen LogP contribution >= 0.6 is 0 Å². The largest absolute Gasteiger partial charge is 0.507 e. The summed E-state index contributed by atoms with van der Waals surface area (Å²) in [6.07, 6.45) is 7.05. The van der Waals surface area contributed by atoms with Crippen molar-refractivity contribution in [2.24, 2.45) is 0 Å². The topological polar surface area (TPSA) is 95.8 Å². The monoisotopic (exact) mass is 494 g/mol. The molecule has 0 aromatic heterocycles. The summed E-state index contributed by atoms with van der Waals surface area (Å²) in [4.78, 5) is 0. The Labute approximate surface area is 210 Å². The van der Waals surface area contributed by atoms with Gasteiger partial charge in [0.05, 0.1) is 42.7 Å². The predicted molar refractivity (Wildman–Crippen MR) is 140 cm³/mol. The average Bonchev–Trinajstić information content (AvgIpc) is 2.90. The molecule has 0 atom stereocenters. The van der Waals surface area contributed by atoms with Crippen molar-refractivity contribution in [2.75, 3.05) is 42.7 Å². The summed E-state index contributed by atoms with van der Waals surface area (Å²) < 4.78 is 32.3. The molecule has 36 heavy (non-hydrogen) atoms. The lowest BCUT2D eigenvalue weighted by atomic mass is 10.0. The zero-order chi connectivity index (χ0) is 26.2. The molecule has 0 aliphatic carbocycles. The van der Waals surface area contributed by atoms with Crippen LogP contribution in [-0.4, -0.2) is 52.9 Å². The summed E-state index contributed by atoms with van der Waals surface area (Å²) in [7, 11) is 9.26. The first-order valence-corrected chi connectivity index (χ1v) is 10.9. The Kier molecular flexibility index (Phi) is 8.57. The van der Waals surface area contributed by atoms with Gasteiger partial charge in [0.1, 0.15) is 11.5 Å². The van der Waals surface area contributed by atoms with Crippen LogP contribution in [0.25, 0.3) is 24.3 Å². The molecule has 0 fully saturated rings. The minimum absolute atomic E-state index is 0.0684. The van der Waals surface area contributed by atoms with Crippen LogP contribution in [0.3, 0.4) is 0 Å². The van der Waals surface area contributed by atoms with Crippen LogP contribution in [0.15, 0.2) is 36.4 Å². The second-order valence-corrected chi connectivity index (χ2v) is 7.55. The third-order valence-electron chi connectivity index (χ3n) is 5.46. The molecule has 0 amide bonds. The Morgan fingerprint density at radius 1 is 0.444 bits per heavy atom. The number of hydrogen-bond acceptors (Lipinski definition) is 8. The molecule has 0 aliphatic rings. The second-order valence-electron chi connectivity index (χ2n) is 7.55. The minimum atomic E-state index is -0.0684. The number of methoxy groups -OCH3 is 6. The highest BCUT2D eigenvalue weighted by atomic mass is 16.5. The first kappa shape index (κ1) is 26.2. The number of hydrogen-bond donors (Lipinski definition) is 2. The second kappa shape index (κ2) is 11.8.